The third-order valence-corrected chi connectivity index (χ3v) is 6.22. The summed E-state index contributed by atoms with van der Waals surface area (Å²) in [5.74, 6) is 0.513. The molecule has 2 unspecified atom stereocenters. The summed E-state index contributed by atoms with van der Waals surface area (Å²) in [5, 5.41) is 2.93. The van der Waals surface area contributed by atoms with Crippen molar-refractivity contribution >= 4 is 17.5 Å². The van der Waals surface area contributed by atoms with E-state index in [-0.39, 0.29) is 11.8 Å². The molecule has 1 spiro atoms. The van der Waals surface area contributed by atoms with Gasteiger partial charge in [-0.25, -0.2) is 0 Å². The van der Waals surface area contributed by atoms with E-state index in [1.54, 1.807) is 35.4 Å². The molecule has 8 heteroatoms. The average molecular weight is 408 g/mol. The van der Waals surface area contributed by atoms with Gasteiger partial charge < -0.3 is 28.8 Å². The van der Waals surface area contributed by atoms with Gasteiger partial charge in [-0.05, 0) is 24.3 Å². The lowest BCUT2D eigenvalue weighted by Gasteiger charge is -2.24. The number of hydrogen-bond donors (Lipinski definition) is 1. The fourth-order valence-electron chi connectivity index (χ4n) is 4.95. The smallest absolute Gasteiger partial charge is 0.231 e. The summed E-state index contributed by atoms with van der Waals surface area (Å²) in [4.78, 5) is 28.1. The molecule has 6 rings (SSSR count). The number of furan rings is 1. The van der Waals surface area contributed by atoms with E-state index >= 15 is 0 Å². The van der Waals surface area contributed by atoms with Gasteiger partial charge >= 0.3 is 0 Å². The molecule has 4 aliphatic heterocycles. The zero-order valence-corrected chi connectivity index (χ0v) is 16.1. The van der Waals surface area contributed by atoms with Gasteiger partial charge in [-0.3, -0.25) is 9.59 Å². The molecule has 2 saturated heterocycles. The molecule has 4 atom stereocenters. The van der Waals surface area contributed by atoms with Gasteiger partial charge in [0.1, 0.15) is 24.6 Å². The molecule has 1 aromatic carbocycles. The van der Waals surface area contributed by atoms with E-state index in [9.17, 15) is 9.59 Å². The Hall–Kier alpha value is -3.26. The monoisotopic (exact) mass is 408 g/mol. The predicted octanol–water partition coefficient (Wildman–Crippen LogP) is 1.97. The van der Waals surface area contributed by atoms with Gasteiger partial charge in [0.05, 0.1) is 37.3 Å². The van der Waals surface area contributed by atoms with Crippen molar-refractivity contribution in [1.29, 1.82) is 0 Å². The number of likely N-dealkylation sites (tertiary alicyclic amines) is 1. The highest BCUT2D eigenvalue weighted by Crippen LogP contribution is 2.52. The standard InChI is InChI=1S/C22H20N2O6/c25-20(23-13-3-4-15-17(10-13)29-9-8-28-15)18-16-5-6-22(30-16)12-24(21(26)19(18)22)11-14-2-1-7-27-14/h1-7,10,16,18-19H,8-9,11-12H2,(H,23,25)/t16-,18?,19?,22-/m1/s1. The number of hydrogen-bond acceptors (Lipinski definition) is 6. The van der Waals surface area contributed by atoms with Crippen molar-refractivity contribution in [3.63, 3.8) is 0 Å². The molecule has 2 aromatic rings. The van der Waals surface area contributed by atoms with Gasteiger partial charge in [0.25, 0.3) is 0 Å². The van der Waals surface area contributed by atoms with E-state index in [4.69, 9.17) is 18.6 Å². The second-order valence-electron chi connectivity index (χ2n) is 8.02. The van der Waals surface area contributed by atoms with Crippen molar-refractivity contribution in [2.24, 2.45) is 11.8 Å². The number of ether oxygens (including phenoxy) is 3. The van der Waals surface area contributed by atoms with Crippen molar-refractivity contribution in [2.45, 2.75) is 18.2 Å². The Kier molecular flexibility index (Phi) is 3.73. The third kappa shape index (κ3) is 2.56. The summed E-state index contributed by atoms with van der Waals surface area (Å²) < 4.78 is 22.7. The maximum Gasteiger partial charge on any atom is 0.231 e. The van der Waals surface area contributed by atoms with E-state index in [0.29, 0.717) is 49.2 Å². The molecule has 1 aromatic heterocycles. The van der Waals surface area contributed by atoms with Crippen LogP contribution in [0.4, 0.5) is 5.69 Å². The van der Waals surface area contributed by atoms with Crippen LogP contribution in [0.5, 0.6) is 11.5 Å². The van der Waals surface area contributed by atoms with E-state index in [1.807, 2.05) is 18.2 Å². The molecule has 1 N–H and O–H groups in total. The topological polar surface area (TPSA) is 90.2 Å². The zero-order valence-electron chi connectivity index (χ0n) is 16.1. The van der Waals surface area contributed by atoms with Gasteiger partial charge in [-0.2, -0.15) is 0 Å². The van der Waals surface area contributed by atoms with Crippen LogP contribution in [-0.2, 0) is 20.9 Å². The van der Waals surface area contributed by atoms with E-state index in [1.165, 1.54) is 0 Å². The lowest BCUT2D eigenvalue weighted by molar-refractivity contribution is -0.136. The predicted molar refractivity (Wildman–Crippen MR) is 104 cm³/mol. The molecule has 30 heavy (non-hydrogen) atoms. The second kappa shape index (κ2) is 6.37. The highest BCUT2D eigenvalue weighted by atomic mass is 16.6. The van der Waals surface area contributed by atoms with Gasteiger partial charge in [-0.1, -0.05) is 12.2 Å². The minimum atomic E-state index is -0.747. The Labute approximate surface area is 172 Å². The van der Waals surface area contributed by atoms with Gasteiger partial charge in [0, 0.05) is 11.8 Å². The highest BCUT2D eigenvalue weighted by Gasteiger charge is 2.66. The first-order valence-corrected chi connectivity index (χ1v) is 10.0. The summed E-state index contributed by atoms with van der Waals surface area (Å²) in [7, 11) is 0. The van der Waals surface area contributed by atoms with Crippen LogP contribution >= 0.6 is 0 Å². The number of nitrogens with one attached hydrogen (secondary N) is 1. The number of nitrogens with zero attached hydrogens (tertiary/aromatic N) is 1. The number of carbonyl (C=O) groups is 2. The van der Waals surface area contributed by atoms with Crippen molar-refractivity contribution in [3.8, 4) is 11.5 Å². The minimum absolute atomic E-state index is 0.0828. The van der Waals surface area contributed by atoms with Crippen LogP contribution in [0.3, 0.4) is 0 Å². The van der Waals surface area contributed by atoms with E-state index in [0.717, 1.165) is 0 Å². The zero-order chi connectivity index (χ0) is 20.3. The highest BCUT2D eigenvalue weighted by molar-refractivity contribution is 5.99. The van der Waals surface area contributed by atoms with Gasteiger partial charge in [0.15, 0.2) is 11.5 Å². The lowest BCUT2D eigenvalue weighted by Crippen LogP contribution is -2.41. The number of rotatable bonds is 4. The van der Waals surface area contributed by atoms with Crippen LogP contribution in [0.2, 0.25) is 0 Å². The van der Waals surface area contributed by atoms with Crippen LogP contribution < -0.4 is 14.8 Å². The Morgan fingerprint density at radius 2 is 2.07 bits per heavy atom. The van der Waals surface area contributed by atoms with Crippen molar-refractivity contribution in [3.05, 3.63) is 54.5 Å². The Balaban J connectivity index is 1.23. The molecule has 0 saturated carbocycles. The number of fused-ring (bicyclic) bond motifs is 2. The number of amides is 2. The molecule has 2 amide bonds. The SMILES string of the molecule is O=C(Nc1ccc2c(c1)OCCO2)C1C2C(=O)N(Cc3ccco3)C[C@]23C=C[C@H]1O3. The van der Waals surface area contributed by atoms with Gasteiger partial charge in [-0.15, -0.1) is 0 Å². The van der Waals surface area contributed by atoms with Crippen molar-refractivity contribution in [1.82, 2.24) is 4.90 Å². The Morgan fingerprint density at radius 1 is 1.20 bits per heavy atom. The Bertz CT molecular complexity index is 1050. The Morgan fingerprint density at radius 3 is 2.90 bits per heavy atom. The van der Waals surface area contributed by atoms with Crippen LogP contribution in [0.15, 0.2) is 53.2 Å². The molecule has 4 aliphatic rings. The first-order chi connectivity index (χ1) is 14.6. The summed E-state index contributed by atoms with van der Waals surface area (Å²) in [6, 6.07) is 8.91. The molecular formula is C22H20N2O6. The molecule has 0 radical (unpaired) electrons. The third-order valence-electron chi connectivity index (χ3n) is 6.22. The van der Waals surface area contributed by atoms with Crippen LogP contribution in [-0.4, -0.2) is 48.2 Å². The normalized spacial score (nSPS) is 30.6. The summed E-state index contributed by atoms with van der Waals surface area (Å²) in [5.41, 5.74) is -0.147. The fraction of sp³-hybridized carbons (Fsp3) is 0.364. The molecule has 2 fully saturated rings. The number of carbonyl (C=O) groups excluding carboxylic acids is 2. The molecular weight excluding hydrogens is 388 g/mol. The molecule has 8 nitrogen and oxygen atoms in total. The molecule has 2 bridgehead atoms. The van der Waals surface area contributed by atoms with Crippen molar-refractivity contribution in [2.75, 3.05) is 25.1 Å². The number of anilines is 1. The largest absolute Gasteiger partial charge is 0.486 e. The van der Waals surface area contributed by atoms with Crippen LogP contribution in [0, 0.1) is 11.8 Å². The summed E-state index contributed by atoms with van der Waals surface area (Å²) in [6.45, 7) is 1.76. The fourth-order valence-corrected chi connectivity index (χ4v) is 4.95. The number of benzene rings is 1. The quantitative estimate of drug-likeness (QED) is 0.778. The average Bonchev–Trinajstić information content (AvgIpc) is 3.51. The van der Waals surface area contributed by atoms with Crippen LogP contribution in [0.1, 0.15) is 5.76 Å². The first-order valence-electron chi connectivity index (χ1n) is 10.0. The lowest BCUT2D eigenvalue weighted by atomic mass is 9.77. The first kappa shape index (κ1) is 17.6. The van der Waals surface area contributed by atoms with Crippen molar-refractivity contribution < 1.29 is 28.2 Å². The molecule has 154 valence electrons. The van der Waals surface area contributed by atoms with Crippen LogP contribution in [0.25, 0.3) is 0 Å². The second-order valence-corrected chi connectivity index (χ2v) is 8.02. The molecule has 5 heterocycles. The molecule has 0 aliphatic carbocycles. The van der Waals surface area contributed by atoms with E-state index in [2.05, 4.69) is 5.32 Å². The maximum absolute atomic E-state index is 13.2. The minimum Gasteiger partial charge on any atom is -0.486 e. The maximum atomic E-state index is 13.2. The summed E-state index contributed by atoms with van der Waals surface area (Å²) >= 11 is 0. The van der Waals surface area contributed by atoms with E-state index < -0.39 is 23.5 Å². The summed E-state index contributed by atoms with van der Waals surface area (Å²) in [6.07, 6.45) is 5.02. The van der Waals surface area contributed by atoms with Gasteiger partial charge in [0.2, 0.25) is 11.8 Å².